The molecule has 1 heterocycles. The molecule has 0 N–H and O–H groups in total. The zero-order chi connectivity index (χ0) is 5.28. The van der Waals surface area contributed by atoms with Crippen molar-refractivity contribution in [3.63, 3.8) is 0 Å². The van der Waals surface area contributed by atoms with Crippen LogP contribution in [0.15, 0.2) is 11.8 Å². The van der Waals surface area contributed by atoms with Crippen molar-refractivity contribution >= 4 is 0 Å². The van der Waals surface area contributed by atoms with E-state index in [-0.39, 0.29) is 0 Å². The van der Waals surface area contributed by atoms with Crippen molar-refractivity contribution in [2.24, 2.45) is 0 Å². The molecule has 0 amide bonds. The Hall–Kier alpha value is -0.340. The van der Waals surface area contributed by atoms with Gasteiger partial charge in [0.2, 0.25) is 0 Å². The molecule has 2 nitrogen and oxygen atoms in total. The summed E-state index contributed by atoms with van der Waals surface area (Å²) in [5.74, 6) is 0. The van der Waals surface area contributed by atoms with E-state index in [0.717, 1.165) is 6.61 Å². The lowest BCUT2D eigenvalue weighted by atomic mass is 10.4. The van der Waals surface area contributed by atoms with E-state index >= 15 is 0 Å². The predicted octanol–water partition coefficient (Wildman–Crippen LogP) is 0.605. The Bertz CT molecular complexity index is 98.3. The van der Waals surface area contributed by atoms with Gasteiger partial charge >= 0.3 is 0 Å². The van der Waals surface area contributed by atoms with Gasteiger partial charge in [0.15, 0.2) is 13.2 Å². The molecule has 0 aromatic carbocycles. The molecule has 0 fully saturated rings. The fourth-order valence-corrected chi connectivity index (χ4v) is 0.589. The third kappa shape index (κ3) is 1.01. The minimum atomic E-state index is 0.760. The van der Waals surface area contributed by atoms with Crippen LogP contribution in [0.2, 0.25) is 0 Å². The van der Waals surface area contributed by atoms with Gasteiger partial charge in [-0.3, -0.25) is 0 Å². The Morgan fingerprint density at radius 2 is 2.57 bits per heavy atom. The Balaban J connectivity index is 2.50. The molecule has 7 heavy (non-hydrogen) atoms. The smallest absolute Gasteiger partial charge is 0.139 e. The maximum atomic E-state index is 5.01. The van der Waals surface area contributed by atoms with E-state index in [9.17, 15) is 0 Å². The Labute approximate surface area is 43.3 Å². The van der Waals surface area contributed by atoms with Gasteiger partial charge in [-0.1, -0.05) is 0 Å². The van der Waals surface area contributed by atoms with Gasteiger partial charge in [0.25, 0.3) is 0 Å². The Morgan fingerprint density at radius 3 is 2.71 bits per heavy atom. The maximum Gasteiger partial charge on any atom is 0.184 e. The van der Waals surface area contributed by atoms with Crippen LogP contribution in [0.4, 0.5) is 0 Å². The van der Waals surface area contributed by atoms with Crippen molar-refractivity contribution in [1.82, 2.24) is 5.06 Å². The molecule has 0 aromatic heterocycles. The third-order valence-corrected chi connectivity index (χ3v) is 0.898. The highest BCUT2D eigenvalue weighted by Crippen LogP contribution is 2.02. The number of nitrogens with zero attached hydrogens (tertiary/aromatic N) is 1. The zero-order valence-corrected chi connectivity index (χ0v) is 4.64. The van der Waals surface area contributed by atoms with Crippen molar-refractivity contribution in [1.29, 1.82) is 0 Å². The van der Waals surface area contributed by atoms with Crippen molar-refractivity contribution in [3.05, 3.63) is 11.8 Å². The molecule has 0 spiro atoms. The molecule has 1 rings (SSSR count). The quantitative estimate of drug-likeness (QED) is 0.406. The van der Waals surface area contributed by atoms with Gasteiger partial charge in [-0.15, -0.1) is 4.84 Å². The molecule has 0 atom stereocenters. The molecule has 1 aliphatic heterocycles. The van der Waals surface area contributed by atoms with Gasteiger partial charge in [-0.05, 0) is 6.92 Å². The molecule has 39 valence electrons. The fourth-order valence-electron chi connectivity index (χ4n) is 0.589. The summed E-state index contributed by atoms with van der Waals surface area (Å²) in [5.41, 5.74) is 1.28. The highest BCUT2D eigenvalue weighted by molar-refractivity contribution is 5.00. The van der Waals surface area contributed by atoms with Crippen molar-refractivity contribution < 1.29 is 4.84 Å². The molecule has 1 radical (unpaired) electrons. The van der Waals surface area contributed by atoms with E-state index < -0.39 is 0 Å². The molecule has 0 saturated heterocycles. The van der Waals surface area contributed by atoms with E-state index in [2.05, 4.69) is 0 Å². The summed E-state index contributed by atoms with van der Waals surface area (Å²) in [6, 6.07) is 0. The van der Waals surface area contributed by atoms with E-state index in [1.54, 1.807) is 5.06 Å². The van der Waals surface area contributed by atoms with Crippen LogP contribution in [0, 0.1) is 0 Å². The van der Waals surface area contributed by atoms with Gasteiger partial charge < -0.3 is 0 Å². The normalized spacial score (nSPS) is 22.9. The molecular formula is C5H9NO+. The monoisotopic (exact) mass is 99.1 g/mol. The number of hydroxylamine groups is 2. The second-order valence-corrected chi connectivity index (χ2v) is 1.80. The summed E-state index contributed by atoms with van der Waals surface area (Å²) >= 11 is 0. The predicted molar refractivity (Wildman–Crippen MR) is 27.8 cm³/mol. The van der Waals surface area contributed by atoms with Crippen LogP contribution in [-0.2, 0) is 4.84 Å². The highest BCUT2D eigenvalue weighted by Gasteiger charge is 2.14. The average molecular weight is 99.1 g/mol. The summed E-state index contributed by atoms with van der Waals surface area (Å²) in [6.45, 7) is 2.81. The molecule has 1 aliphatic rings. The largest absolute Gasteiger partial charge is 0.184 e. The summed E-state index contributed by atoms with van der Waals surface area (Å²) in [7, 11) is 1.89. The van der Waals surface area contributed by atoms with E-state index in [4.69, 9.17) is 4.84 Å². The van der Waals surface area contributed by atoms with Gasteiger partial charge in [-0.25, -0.2) is 0 Å². The van der Waals surface area contributed by atoms with Crippen LogP contribution in [0.25, 0.3) is 0 Å². The average Bonchev–Trinajstić information content (AvgIpc) is 1.87. The highest BCUT2D eigenvalue weighted by atomic mass is 16.7. The third-order valence-electron chi connectivity index (χ3n) is 0.898. The Kier molecular flexibility index (Phi) is 1.13. The first-order valence-corrected chi connectivity index (χ1v) is 2.32. The van der Waals surface area contributed by atoms with Crippen molar-refractivity contribution in [2.45, 2.75) is 6.92 Å². The second kappa shape index (κ2) is 1.64. The van der Waals surface area contributed by atoms with Crippen LogP contribution in [-0.4, -0.2) is 13.7 Å². The summed E-state index contributed by atoms with van der Waals surface area (Å²) in [4.78, 5) is 5.01. The first-order valence-electron chi connectivity index (χ1n) is 2.32. The van der Waals surface area contributed by atoms with E-state index in [1.807, 2.05) is 20.2 Å². The molecule has 0 aromatic rings. The fraction of sp³-hybridized carbons (Fsp3) is 0.600. The van der Waals surface area contributed by atoms with Gasteiger partial charge in [0.1, 0.15) is 6.61 Å². The molecule has 0 unspecified atom stereocenters. The molecule has 2 heteroatoms. The first kappa shape index (κ1) is 4.81. The lowest BCUT2D eigenvalue weighted by Gasteiger charge is -1.83. The van der Waals surface area contributed by atoms with E-state index in [0.29, 0.717) is 0 Å². The SMILES string of the molecule is CC1=C[N+](C)OC1. The first-order chi connectivity index (χ1) is 3.29. The summed E-state index contributed by atoms with van der Waals surface area (Å²) in [5, 5.41) is 1.72. The molecule has 0 aliphatic carbocycles. The lowest BCUT2D eigenvalue weighted by Crippen LogP contribution is -2.11. The van der Waals surface area contributed by atoms with Crippen molar-refractivity contribution in [3.8, 4) is 0 Å². The van der Waals surface area contributed by atoms with E-state index in [1.165, 1.54) is 5.57 Å². The second-order valence-electron chi connectivity index (χ2n) is 1.80. The lowest BCUT2D eigenvalue weighted by molar-refractivity contribution is 0.0176. The van der Waals surface area contributed by atoms with Crippen LogP contribution in [0.1, 0.15) is 6.92 Å². The number of hydrogen-bond donors (Lipinski definition) is 0. The number of hydrogen-bond acceptors (Lipinski definition) is 2. The van der Waals surface area contributed by atoms with Crippen LogP contribution < -0.4 is 5.06 Å². The molecule has 0 saturated carbocycles. The van der Waals surface area contributed by atoms with Crippen LogP contribution >= 0.6 is 0 Å². The zero-order valence-electron chi connectivity index (χ0n) is 4.64. The number of rotatable bonds is 0. The van der Waals surface area contributed by atoms with Gasteiger partial charge in [-0.2, -0.15) is 0 Å². The van der Waals surface area contributed by atoms with Gasteiger partial charge in [0, 0.05) is 10.6 Å². The molecule has 0 bridgehead atoms. The minimum Gasteiger partial charge on any atom is -0.139 e. The topological polar surface area (TPSA) is 15.1 Å². The molecular weight excluding hydrogens is 90.1 g/mol. The minimum absolute atomic E-state index is 0.760. The van der Waals surface area contributed by atoms with Crippen LogP contribution in [0.5, 0.6) is 0 Å². The summed E-state index contributed by atoms with van der Waals surface area (Å²) in [6.07, 6.45) is 1.97. The van der Waals surface area contributed by atoms with Crippen LogP contribution in [0.3, 0.4) is 0 Å². The Morgan fingerprint density at radius 1 is 1.86 bits per heavy atom. The van der Waals surface area contributed by atoms with Gasteiger partial charge in [0.05, 0.1) is 0 Å². The maximum absolute atomic E-state index is 5.01. The van der Waals surface area contributed by atoms with Crippen molar-refractivity contribution in [2.75, 3.05) is 13.7 Å². The summed E-state index contributed by atoms with van der Waals surface area (Å²) < 4.78 is 0. The standard InChI is InChI=1S/C5H9NO/c1-5-3-6(2)7-4-5/h3H,4H2,1-2H3/q+1.